The van der Waals surface area contributed by atoms with Crippen LogP contribution in [0.3, 0.4) is 0 Å². The third-order valence-corrected chi connectivity index (χ3v) is 3.55. The summed E-state index contributed by atoms with van der Waals surface area (Å²) in [6.45, 7) is 0.668. The lowest BCUT2D eigenvalue weighted by molar-refractivity contribution is -0.125. The van der Waals surface area contributed by atoms with Gasteiger partial charge in [0, 0.05) is 6.42 Å². The number of ether oxygens (including phenoxy) is 1. The largest absolute Gasteiger partial charge is 0.490 e. The fourth-order valence-corrected chi connectivity index (χ4v) is 2.56. The summed E-state index contributed by atoms with van der Waals surface area (Å²) in [6, 6.07) is 0. The molecule has 0 bridgehead atoms. The van der Waals surface area contributed by atoms with E-state index in [0.717, 1.165) is 32.1 Å². The molecule has 0 unspecified atom stereocenters. The lowest BCUT2D eigenvalue weighted by atomic mass is 9.78. The number of hydrogen-bond donors (Lipinski definition) is 1. The number of Topliss-reactive ketones (excluding diaryl/α,β-unsaturated/α-hetero) is 1. The Kier molecular flexibility index (Phi) is 3.10. The second-order valence-electron chi connectivity index (χ2n) is 4.43. The van der Waals surface area contributed by atoms with Crippen molar-refractivity contribution in [1.29, 1.82) is 0 Å². The van der Waals surface area contributed by atoms with Gasteiger partial charge in [-0.15, -0.1) is 0 Å². The third kappa shape index (κ3) is 1.93. The van der Waals surface area contributed by atoms with Crippen molar-refractivity contribution in [3.63, 3.8) is 0 Å². The van der Waals surface area contributed by atoms with Gasteiger partial charge in [-0.1, -0.05) is 19.3 Å². The van der Waals surface area contributed by atoms with Crippen molar-refractivity contribution in [3.05, 3.63) is 11.8 Å². The minimum Gasteiger partial charge on any atom is -0.490 e. The maximum absolute atomic E-state index is 12.3. The Morgan fingerprint density at radius 3 is 2.67 bits per heavy atom. The Morgan fingerprint density at radius 2 is 2.13 bits per heavy atom. The molecule has 1 heterocycles. The highest BCUT2D eigenvalue weighted by Crippen LogP contribution is 2.31. The average Bonchev–Trinajstić information content (AvgIpc) is 2.82. The molecule has 2 aliphatic rings. The molecule has 84 valence electrons. The van der Waals surface area contributed by atoms with Crippen LogP contribution in [0.15, 0.2) is 11.8 Å². The molecule has 1 aliphatic carbocycles. The number of hydrogen-bond acceptors (Lipinski definition) is 3. The van der Waals surface area contributed by atoms with Crippen LogP contribution in [0.5, 0.6) is 0 Å². The molecule has 1 saturated carbocycles. The first-order chi connectivity index (χ1) is 7.28. The van der Waals surface area contributed by atoms with Crippen LogP contribution in [0.4, 0.5) is 0 Å². The van der Waals surface area contributed by atoms with Crippen LogP contribution < -0.4 is 5.32 Å². The quantitative estimate of drug-likeness (QED) is 0.770. The summed E-state index contributed by atoms with van der Waals surface area (Å²) in [5.41, 5.74) is -0.339. The van der Waals surface area contributed by atoms with E-state index in [1.54, 1.807) is 0 Å². The summed E-state index contributed by atoms with van der Waals surface area (Å²) >= 11 is 0. The predicted molar refractivity (Wildman–Crippen MR) is 58.5 cm³/mol. The first kappa shape index (κ1) is 10.7. The molecule has 1 N–H and O–H groups in total. The van der Waals surface area contributed by atoms with Crippen molar-refractivity contribution in [1.82, 2.24) is 5.32 Å². The van der Waals surface area contributed by atoms with Gasteiger partial charge in [0.05, 0.1) is 12.1 Å². The van der Waals surface area contributed by atoms with Crippen molar-refractivity contribution in [3.8, 4) is 0 Å². The summed E-state index contributed by atoms with van der Waals surface area (Å²) < 4.78 is 5.37. The molecule has 0 aromatic carbocycles. The van der Waals surface area contributed by atoms with Crippen LogP contribution in [-0.2, 0) is 9.53 Å². The highest BCUT2D eigenvalue weighted by molar-refractivity contribution is 6.01. The van der Waals surface area contributed by atoms with Gasteiger partial charge in [-0.3, -0.25) is 4.79 Å². The molecule has 0 atom stereocenters. The zero-order chi connectivity index (χ0) is 10.7. The Morgan fingerprint density at radius 1 is 1.40 bits per heavy atom. The Labute approximate surface area is 90.9 Å². The van der Waals surface area contributed by atoms with Gasteiger partial charge >= 0.3 is 0 Å². The Hall–Kier alpha value is -0.830. The fourth-order valence-electron chi connectivity index (χ4n) is 2.56. The summed E-state index contributed by atoms with van der Waals surface area (Å²) in [4.78, 5) is 12.3. The lowest BCUT2D eigenvalue weighted by Crippen LogP contribution is -2.52. The summed E-state index contributed by atoms with van der Waals surface area (Å²) in [6.07, 6.45) is 8.22. The van der Waals surface area contributed by atoms with Crippen LogP contribution in [0.2, 0.25) is 0 Å². The van der Waals surface area contributed by atoms with Crippen molar-refractivity contribution in [2.75, 3.05) is 13.7 Å². The van der Waals surface area contributed by atoms with E-state index in [9.17, 15) is 4.79 Å². The molecule has 0 radical (unpaired) electrons. The SMILES string of the molecule is CNC1(C(=O)C2=CCCO2)CCCCC1. The minimum absolute atomic E-state index is 0.169. The van der Waals surface area contributed by atoms with E-state index >= 15 is 0 Å². The highest BCUT2D eigenvalue weighted by Gasteiger charge is 2.40. The van der Waals surface area contributed by atoms with Gasteiger partial charge in [-0.2, -0.15) is 0 Å². The van der Waals surface area contributed by atoms with Crippen molar-refractivity contribution in [2.24, 2.45) is 0 Å². The second kappa shape index (κ2) is 4.35. The molecule has 15 heavy (non-hydrogen) atoms. The van der Waals surface area contributed by atoms with Gasteiger partial charge in [0.15, 0.2) is 5.76 Å². The summed E-state index contributed by atoms with van der Waals surface area (Å²) in [7, 11) is 1.89. The molecule has 3 heteroatoms. The van der Waals surface area contributed by atoms with E-state index in [-0.39, 0.29) is 11.3 Å². The number of carbonyl (C=O) groups is 1. The molecule has 0 saturated heterocycles. The first-order valence-electron chi connectivity index (χ1n) is 5.85. The van der Waals surface area contributed by atoms with E-state index in [0.29, 0.717) is 12.4 Å². The normalized spacial score (nSPS) is 24.5. The highest BCUT2D eigenvalue weighted by atomic mass is 16.5. The molecule has 1 aliphatic heterocycles. The van der Waals surface area contributed by atoms with Gasteiger partial charge in [0.2, 0.25) is 5.78 Å². The smallest absolute Gasteiger partial charge is 0.216 e. The molecule has 0 spiro atoms. The van der Waals surface area contributed by atoms with E-state index in [4.69, 9.17) is 4.74 Å². The van der Waals surface area contributed by atoms with E-state index in [1.807, 2.05) is 13.1 Å². The van der Waals surface area contributed by atoms with Crippen LogP contribution in [-0.4, -0.2) is 25.0 Å². The monoisotopic (exact) mass is 209 g/mol. The van der Waals surface area contributed by atoms with E-state index < -0.39 is 0 Å². The molecule has 3 nitrogen and oxygen atoms in total. The molecule has 0 aromatic heterocycles. The van der Waals surface area contributed by atoms with Gasteiger partial charge in [-0.25, -0.2) is 0 Å². The molecule has 2 rings (SSSR count). The minimum atomic E-state index is -0.339. The summed E-state index contributed by atoms with van der Waals surface area (Å²) in [5, 5.41) is 3.22. The standard InChI is InChI=1S/C12H19NO2/c1-13-12(7-3-2-4-8-12)11(14)10-6-5-9-15-10/h6,13H,2-5,7-9H2,1H3. The van der Waals surface area contributed by atoms with Gasteiger partial charge in [0.25, 0.3) is 0 Å². The van der Waals surface area contributed by atoms with Crippen LogP contribution in [0, 0.1) is 0 Å². The van der Waals surface area contributed by atoms with E-state index in [2.05, 4.69) is 5.32 Å². The fraction of sp³-hybridized carbons (Fsp3) is 0.750. The number of nitrogens with one attached hydrogen (secondary N) is 1. The third-order valence-electron chi connectivity index (χ3n) is 3.55. The predicted octanol–water partition coefficient (Wildman–Crippen LogP) is 1.78. The van der Waals surface area contributed by atoms with Crippen molar-refractivity contribution < 1.29 is 9.53 Å². The topological polar surface area (TPSA) is 38.3 Å². The zero-order valence-corrected chi connectivity index (χ0v) is 9.34. The Balaban J connectivity index is 2.13. The number of rotatable bonds is 3. The maximum Gasteiger partial charge on any atom is 0.216 e. The van der Waals surface area contributed by atoms with Crippen LogP contribution >= 0.6 is 0 Å². The van der Waals surface area contributed by atoms with Gasteiger partial charge in [-0.05, 0) is 26.0 Å². The zero-order valence-electron chi connectivity index (χ0n) is 9.34. The first-order valence-corrected chi connectivity index (χ1v) is 5.85. The molecule has 1 fully saturated rings. The molecular formula is C12H19NO2. The number of ketones is 1. The van der Waals surface area contributed by atoms with Gasteiger partial charge in [0.1, 0.15) is 0 Å². The Bertz CT molecular complexity index is 277. The number of likely N-dealkylation sites (N-methyl/N-ethyl adjacent to an activating group) is 1. The summed E-state index contributed by atoms with van der Waals surface area (Å²) in [5.74, 6) is 0.758. The maximum atomic E-state index is 12.3. The lowest BCUT2D eigenvalue weighted by Gasteiger charge is -2.35. The van der Waals surface area contributed by atoms with Crippen LogP contribution in [0.25, 0.3) is 0 Å². The average molecular weight is 209 g/mol. The molecular weight excluding hydrogens is 190 g/mol. The molecule has 0 aromatic rings. The van der Waals surface area contributed by atoms with Crippen molar-refractivity contribution >= 4 is 5.78 Å². The molecule has 0 amide bonds. The van der Waals surface area contributed by atoms with Crippen molar-refractivity contribution in [2.45, 2.75) is 44.1 Å². The number of carbonyl (C=O) groups excluding carboxylic acids is 1. The second-order valence-corrected chi connectivity index (χ2v) is 4.43. The van der Waals surface area contributed by atoms with E-state index in [1.165, 1.54) is 6.42 Å². The van der Waals surface area contributed by atoms with Gasteiger partial charge < -0.3 is 10.1 Å². The van der Waals surface area contributed by atoms with Crippen LogP contribution in [0.1, 0.15) is 38.5 Å².